The van der Waals surface area contributed by atoms with Crippen LogP contribution < -0.4 is 14.7 Å². The quantitative estimate of drug-likeness (QED) is 0.176. The number of furan rings is 2. The van der Waals surface area contributed by atoms with Crippen molar-refractivity contribution in [1.29, 1.82) is 0 Å². The van der Waals surface area contributed by atoms with Crippen molar-refractivity contribution in [2.45, 2.75) is 38.5 Å². The van der Waals surface area contributed by atoms with Crippen molar-refractivity contribution < 1.29 is 8.83 Å². The van der Waals surface area contributed by atoms with Crippen LogP contribution in [0.25, 0.3) is 33.8 Å². The van der Waals surface area contributed by atoms with Crippen molar-refractivity contribution >= 4 is 51.2 Å². The lowest BCUT2D eigenvalue weighted by atomic mass is 9.64. The van der Waals surface area contributed by atoms with Gasteiger partial charge in [0.15, 0.2) is 11.5 Å². The molecule has 8 aromatic carbocycles. The van der Waals surface area contributed by atoms with Gasteiger partial charge in [-0.05, 0) is 149 Å². The Bertz CT molecular complexity index is 3620. The Balaban J connectivity index is 0.997. The van der Waals surface area contributed by atoms with Gasteiger partial charge in [0.2, 0.25) is 0 Å². The minimum Gasteiger partial charge on any atom is -0.458 e. The average Bonchev–Trinajstić information content (AvgIpc) is 4.07. The molecule has 0 bridgehead atoms. The fourth-order valence-electron chi connectivity index (χ4n) is 12.1. The number of hydrogen-bond acceptors (Lipinski definition) is 5. The highest BCUT2D eigenvalue weighted by molar-refractivity contribution is 6.03. The molecule has 14 rings (SSSR count). The van der Waals surface area contributed by atoms with Crippen LogP contribution in [0.2, 0.25) is 0 Å². The second kappa shape index (κ2) is 13.6. The zero-order valence-corrected chi connectivity index (χ0v) is 37.7. The maximum atomic E-state index is 6.59. The van der Waals surface area contributed by atoms with Crippen LogP contribution in [-0.4, -0.2) is 0 Å². The lowest BCUT2D eigenvalue weighted by molar-refractivity contribution is 0.495. The molecule has 0 saturated heterocycles. The molecule has 1 spiro atoms. The fourth-order valence-corrected chi connectivity index (χ4v) is 12.1. The SMILES string of the molecule is Cc1cc2c(o1)-c1oc(C)cc1C21c2ccccc2N(c2cccc(-c3ccc4c(c3)N(c3ccccc3)c3ccccc3N4c3ccccc3)c2)c2cc3c(cc21)-c1ccccc1C3(C)C. The Kier molecular flexibility index (Phi) is 7.74. The van der Waals surface area contributed by atoms with Gasteiger partial charge in [0.05, 0.1) is 39.5 Å². The largest absolute Gasteiger partial charge is 0.458 e. The van der Waals surface area contributed by atoms with Crippen LogP contribution >= 0.6 is 0 Å². The highest BCUT2D eigenvalue weighted by Crippen LogP contribution is 2.66. The molecule has 320 valence electrons. The molecule has 0 unspecified atom stereocenters. The van der Waals surface area contributed by atoms with E-state index in [1.54, 1.807) is 0 Å². The first-order valence-corrected chi connectivity index (χ1v) is 23.3. The van der Waals surface area contributed by atoms with E-state index in [2.05, 4.69) is 229 Å². The van der Waals surface area contributed by atoms with Crippen LogP contribution in [0.15, 0.2) is 209 Å². The summed E-state index contributed by atoms with van der Waals surface area (Å²) in [6.45, 7) is 8.85. The lowest BCUT2D eigenvalue weighted by Crippen LogP contribution is -2.36. The van der Waals surface area contributed by atoms with Gasteiger partial charge in [0.1, 0.15) is 11.5 Å². The van der Waals surface area contributed by atoms with Gasteiger partial charge in [0, 0.05) is 33.6 Å². The van der Waals surface area contributed by atoms with Crippen LogP contribution in [-0.2, 0) is 10.8 Å². The highest BCUT2D eigenvalue weighted by Gasteiger charge is 2.56. The summed E-state index contributed by atoms with van der Waals surface area (Å²) in [4.78, 5) is 7.31. The normalized spacial score (nSPS) is 15.0. The van der Waals surface area contributed by atoms with Crippen molar-refractivity contribution in [2.24, 2.45) is 0 Å². The summed E-state index contributed by atoms with van der Waals surface area (Å²) in [5.41, 5.74) is 21.4. The zero-order chi connectivity index (χ0) is 44.8. The van der Waals surface area contributed by atoms with E-state index in [-0.39, 0.29) is 5.41 Å². The van der Waals surface area contributed by atoms with Crippen LogP contribution in [0.3, 0.4) is 0 Å². The van der Waals surface area contributed by atoms with Crippen LogP contribution in [0, 0.1) is 13.8 Å². The molecule has 0 amide bonds. The number of fused-ring (bicyclic) bond motifs is 14. The summed E-state index contributed by atoms with van der Waals surface area (Å²) in [5.74, 6) is 3.39. The van der Waals surface area contributed by atoms with E-state index in [1.807, 2.05) is 13.8 Å². The van der Waals surface area contributed by atoms with Crippen molar-refractivity contribution in [3.05, 3.63) is 245 Å². The third kappa shape index (κ3) is 5.09. The molecule has 67 heavy (non-hydrogen) atoms. The summed E-state index contributed by atoms with van der Waals surface area (Å²) in [5, 5.41) is 0. The molecular formula is C62H45N3O2. The number of nitrogens with zero attached hydrogens (tertiary/aromatic N) is 3. The van der Waals surface area contributed by atoms with Gasteiger partial charge in [-0.2, -0.15) is 0 Å². The first-order valence-electron chi connectivity index (χ1n) is 23.3. The molecular weight excluding hydrogens is 819 g/mol. The molecule has 2 aliphatic carbocycles. The Morgan fingerprint density at radius 3 is 1.52 bits per heavy atom. The van der Waals surface area contributed by atoms with Crippen LogP contribution in [0.1, 0.15) is 58.7 Å². The summed E-state index contributed by atoms with van der Waals surface area (Å²) >= 11 is 0. The highest BCUT2D eigenvalue weighted by atomic mass is 16.4. The Hall–Kier alpha value is -8.28. The third-order valence-electron chi connectivity index (χ3n) is 14.9. The molecule has 0 N–H and O–H groups in total. The van der Waals surface area contributed by atoms with E-state index in [0.717, 1.165) is 96.5 Å². The Labute approximate surface area is 390 Å². The molecule has 5 nitrogen and oxygen atoms in total. The second-order valence-electron chi connectivity index (χ2n) is 19.0. The molecule has 4 aliphatic rings. The van der Waals surface area contributed by atoms with Gasteiger partial charge < -0.3 is 23.5 Å². The van der Waals surface area contributed by atoms with Gasteiger partial charge in [-0.15, -0.1) is 0 Å². The molecule has 5 heteroatoms. The van der Waals surface area contributed by atoms with E-state index < -0.39 is 5.41 Å². The van der Waals surface area contributed by atoms with Crippen LogP contribution in [0.5, 0.6) is 0 Å². The Morgan fingerprint density at radius 1 is 0.328 bits per heavy atom. The van der Waals surface area contributed by atoms with Gasteiger partial charge in [0.25, 0.3) is 0 Å². The molecule has 0 fully saturated rings. The fraction of sp³-hybridized carbons (Fsp3) is 0.0968. The first-order chi connectivity index (χ1) is 32.8. The second-order valence-corrected chi connectivity index (χ2v) is 19.0. The molecule has 0 atom stereocenters. The number of anilines is 9. The lowest BCUT2D eigenvalue weighted by Gasteiger charge is -2.44. The van der Waals surface area contributed by atoms with E-state index in [1.165, 1.54) is 33.4 Å². The maximum absolute atomic E-state index is 6.59. The molecule has 0 saturated carbocycles. The van der Waals surface area contributed by atoms with E-state index in [4.69, 9.17) is 8.83 Å². The minimum atomic E-state index is -0.669. The monoisotopic (exact) mass is 863 g/mol. The van der Waals surface area contributed by atoms with Gasteiger partial charge in [-0.25, -0.2) is 0 Å². The Morgan fingerprint density at radius 2 is 0.851 bits per heavy atom. The summed E-state index contributed by atoms with van der Waals surface area (Å²) in [7, 11) is 0. The molecule has 0 radical (unpaired) electrons. The smallest absolute Gasteiger partial charge is 0.174 e. The van der Waals surface area contributed by atoms with Crippen molar-refractivity contribution in [3.63, 3.8) is 0 Å². The van der Waals surface area contributed by atoms with Crippen molar-refractivity contribution in [2.75, 3.05) is 14.7 Å². The molecule has 2 aromatic heterocycles. The minimum absolute atomic E-state index is 0.205. The standard InChI is InChI=1S/C62H45N3O2/c1-38-32-51-59(66-38)60-52(33-39(2)67-60)62(51)48-26-13-14-27-53(48)65(57-37-49-46(36-50(57)62)45-24-11-12-25-47(45)61(49,3)4)44-23-17-18-40(34-44)41-30-31-56-58(35-41)64(43-21-9-6-10-22-43)55-29-16-15-28-54(55)63(56)42-19-7-5-8-20-42/h5-37H,1-4H3. The summed E-state index contributed by atoms with van der Waals surface area (Å²) in [6.07, 6.45) is 0. The van der Waals surface area contributed by atoms with E-state index in [9.17, 15) is 0 Å². The summed E-state index contributed by atoms with van der Waals surface area (Å²) < 4.78 is 13.2. The predicted octanol–water partition coefficient (Wildman–Crippen LogP) is 16.9. The topological polar surface area (TPSA) is 36.0 Å². The average molecular weight is 864 g/mol. The van der Waals surface area contributed by atoms with Crippen molar-refractivity contribution in [1.82, 2.24) is 0 Å². The first kappa shape index (κ1) is 38.0. The van der Waals surface area contributed by atoms with Gasteiger partial charge >= 0.3 is 0 Å². The van der Waals surface area contributed by atoms with E-state index in [0.29, 0.717) is 0 Å². The summed E-state index contributed by atoms with van der Waals surface area (Å²) in [6, 6.07) is 73.7. The molecule has 10 aromatic rings. The maximum Gasteiger partial charge on any atom is 0.174 e. The van der Waals surface area contributed by atoms with E-state index >= 15 is 0 Å². The van der Waals surface area contributed by atoms with Crippen LogP contribution in [0.4, 0.5) is 51.2 Å². The van der Waals surface area contributed by atoms with Gasteiger partial charge in [-0.3, -0.25) is 0 Å². The van der Waals surface area contributed by atoms with Crippen molar-refractivity contribution in [3.8, 4) is 33.8 Å². The molecule has 4 heterocycles. The number of para-hydroxylation sites is 5. The number of rotatable bonds is 4. The molecule has 2 aliphatic heterocycles. The number of hydrogen-bond donors (Lipinski definition) is 0. The predicted molar refractivity (Wildman–Crippen MR) is 272 cm³/mol. The van der Waals surface area contributed by atoms with Gasteiger partial charge in [-0.1, -0.05) is 123 Å². The number of benzene rings is 8. The number of aryl methyl sites for hydroxylation is 2. The third-order valence-corrected chi connectivity index (χ3v) is 14.9. The zero-order valence-electron chi connectivity index (χ0n) is 37.7.